The fourth-order valence-electron chi connectivity index (χ4n) is 3.98. The maximum absolute atomic E-state index is 12.8. The first-order valence-electron chi connectivity index (χ1n) is 12.5. The lowest BCUT2D eigenvalue weighted by Crippen LogP contribution is -2.13. The Morgan fingerprint density at radius 2 is 1.69 bits per heavy atom. The predicted octanol–water partition coefficient (Wildman–Crippen LogP) is 6.50. The minimum atomic E-state index is -1.10. The van der Waals surface area contributed by atoms with E-state index in [1.165, 1.54) is 17.4 Å². The number of ketones is 1. The third-order valence-electron chi connectivity index (χ3n) is 5.81. The fourth-order valence-corrected chi connectivity index (χ4v) is 5.02. The van der Waals surface area contributed by atoms with Crippen LogP contribution in [0.15, 0.2) is 84.9 Å². The third-order valence-corrected chi connectivity index (χ3v) is 6.79. The number of ether oxygens (including phenoxy) is 1. The molecule has 3 aromatic carbocycles. The smallest absolute Gasteiger partial charge is 0.328 e. The molecule has 8 heteroatoms. The van der Waals surface area contributed by atoms with Gasteiger partial charge < -0.3 is 15.2 Å². The minimum Gasteiger partial charge on any atom is -0.493 e. The topological polar surface area (TPSA) is 106 Å². The Labute approximate surface area is 230 Å². The zero-order valence-electron chi connectivity index (χ0n) is 21.4. The summed E-state index contributed by atoms with van der Waals surface area (Å²) in [5.74, 6) is -1.16. The van der Waals surface area contributed by atoms with Gasteiger partial charge in [0.15, 0.2) is 10.9 Å². The molecule has 0 atom stereocenters. The Bertz CT molecular complexity index is 1480. The highest BCUT2D eigenvalue weighted by atomic mass is 32.1. The second-order valence-electron chi connectivity index (χ2n) is 8.65. The Hall–Kier alpha value is -4.56. The molecule has 0 radical (unpaired) electrons. The van der Waals surface area contributed by atoms with Gasteiger partial charge in [-0.1, -0.05) is 60.7 Å². The zero-order chi connectivity index (χ0) is 27.6. The number of Topliss-reactive ketones (excluding diaryl/α,β-unsaturated/α-hetero) is 1. The van der Waals surface area contributed by atoms with Gasteiger partial charge in [-0.25, -0.2) is 9.78 Å². The molecule has 1 amide bonds. The summed E-state index contributed by atoms with van der Waals surface area (Å²) in [4.78, 5) is 42.3. The van der Waals surface area contributed by atoms with Crippen molar-refractivity contribution in [2.24, 2.45) is 0 Å². The van der Waals surface area contributed by atoms with Gasteiger partial charge in [0.2, 0.25) is 5.91 Å². The van der Waals surface area contributed by atoms with Crippen LogP contribution in [0.2, 0.25) is 0 Å². The number of rotatable bonds is 12. The number of anilines is 1. The summed E-state index contributed by atoms with van der Waals surface area (Å²) in [6.45, 7) is 2.22. The minimum absolute atomic E-state index is 0.00428. The van der Waals surface area contributed by atoms with E-state index >= 15 is 0 Å². The molecule has 0 fully saturated rings. The molecule has 0 spiro atoms. The van der Waals surface area contributed by atoms with Crippen molar-refractivity contribution in [3.05, 3.63) is 107 Å². The van der Waals surface area contributed by atoms with E-state index in [9.17, 15) is 14.4 Å². The van der Waals surface area contributed by atoms with Gasteiger partial charge in [-0.05, 0) is 36.8 Å². The molecule has 0 unspecified atom stereocenters. The van der Waals surface area contributed by atoms with E-state index in [0.717, 1.165) is 27.8 Å². The zero-order valence-corrected chi connectivity index (χ0v) is 22.2. The average molecular weight is 541 g/mol. The highest BCUT2D eigenvalue weighted by Gasteiger charge is 2.17. The molecule has 4 aromatic rings. The number of aromatic nitrogens is 1. The van der Waals surface area contributed by atoms with Gasteiger partial charge in [0.05, 0.1) is 12.3 Å². The van der Waals surface area contributed by atoms with Crippen LogP contribution >= 0.6 is 11.3 Å². The van der Waals surface area contributed by atoms with Gasteiger partial charge in [-0.15, -0.1) is 11.3 Å². The number of carboxylic acids is 1. The van der Waals surface area contributed by atoms with E-state index in [-0.39, 0.29) is 24.5 Å². The van der Waals surface area contributed by atoms with Crippen molar-refractivity contribution in [3.63, 3.8) is 0 Å². The van der Waals surface area contributed by atoms with Gasteiger partial charge in [-0.2, -0.15) is 0 Å². The summed E-state index contributed by atoms with van der Waals surface area (Å²) in [6, 6.07) is 24.7. The van der Waals surface area contributed by atoms with Crippen LogP contribution in [0.1, 0.15) is 46.1 Å². The van der Waals surface area contributed by atoms with Crippen molar-refractivity contribution in [2.45, 2.75) is 26.2 Å². The number of nitrogens with one attached hydrogen (secondary N) is 1. The molecule has 0 saturated heterocycles. The van der Waals surface area contributed by atoms with Crippen molar-refractivity contribution < 1.29 is 24.2 Å². The first kappa shape index (κ1) is 27.5. The number of thiazole rings is 1. The van der Waals surface area contributed by atoms with Gasteiger partial charge in [0, 0.05) is 46.9 Å². The highest BCUT2D eigenvalue weighted by molar-refractivity contribution is 7.16. The standard InChI is InChI=1S/C31H28N2O5S/c1-2-38-26-16-13-23(20-24(26)14-18-29(36)37)25(34)15-17-28(35)32-31-33-30(22-11-7-4-8-12-22)27(39-31)19-21-9-5-3-6-10-21/h3-14,16,18,20H,2,15,17,19H2,1H3,(H,36,37)(H,32,33,35). The quantitative estimate of drug-likeness (QED) is 0.157. The van der Waals surface area contributed by atoms with E-state index in [4.69, 9.17) is 14.8 Å². The van der Waals surface area contributed by atoms with Crippen molar-refractivity contribution in [3.8, 4) is 17.0 Å². The lowest BCUT2D eigenvalue weighted by atomic mass is 10.0. The Kier molecular flexibility index (Phi) is 9.37. The Morgan fingerprint density at radius 1 is 0.974 bits per heavy atom. The SMILES string of the molecule is CCOc1ccc(C(=O)CCC(=O)Nc2nc(-c3ccccc3)c(Cc3ccccc3)s2)cc1C=CC(=O)O. The molecular weight excluding hydrogens is 512 g/mol. The van der Waals surface area contributed by atoms with Crippen LogP contribution in [-0.4, -0.2) is 34.4 Å². The largest absolute Gasteiger partial charge is 0.493 e. The van der Waals surface area contributed by atoms with E-state index in [2.05, 4.69) is 17.4 Å². The molecule has 0 aliphatic heterocycles. The van der Waals surface area contributed by atoms with Gasteiger partial charge in [0.25, 0.3) is 0 Å². The fraction of sp³-hybridized carbons (Fsp3) is 0.161. The number of benzene rings is 3. The van der Waals surface area contributed by atoms with Crippen LogP contribution in [0.5, 0.6) is 5.75 Å². The van der Waals surface area contributed by atoms with Crippen LogP contribution in [0.25, 0.3) is 17.3 Å². The summed E-state index contributed by atoms with van der Waals surface area (Å²) < 4.78 is 5.52. The van der Waals surface area contributed by atoms with E-state index < -0.39 is 5.97 Å². The molecule has 0 saturated carbocycles. The summed E-state index contributed by atoms with van der Waals surface area (Å²) in [5.41, 5.74) is 3.80. The van der Waals surface area contributed by atoms with Crippen LogP contribution in [0, 0.1) is 0 Å². The summed E-state index contributed by atoms with van der Waals surface area (Å²) in [7, 11) is 0. The normalized spacial score (nSPS) is 10.9. The molecule has 7 nitrogen and oxygen atoms in total. The van der Waals surface area contributed by atoms with Crippen LogP contribution in [-0.2, 0) is 16.0 Å². The molecule has 198 valence electrons. The second-order valence-corrected chi connectivity index (χ2v) is 9.73. The molecule has 0 aliphatic rings. The van der Waals surface area contributed by atoms with Gasteiger partial charge >= 0.3 is 5.97 Å². The van der Waals surface area contributed by atoms with Crippen molar-refractivity contribution in [1.29, 1.82) is 0 Å². The lowest BCUT2D eigenvalue weighted by Gasteiger charge is -2.09. The average Bonchev–Trinajstić information content (AvgIpc) is 3.33. The monoisotopic (exact) mass is 540 g/mol. The van der Waals surface area contributed by atoms with Crippen molar-refractivity contribution >= 4 is 40.2 Å². The van der Waals surface area contributed by atoms with E-state index in [1.54, 1.807) is 18.2 Å². The number of carbonyl (C=O) groups excluding carboxylic acids is 2. The van der Waals surface area contributed by atoms with Crippen molar-refractivity contribution in [2.75, 3.05) is 11.9 Å². The maximum atomic E-state index is 12.8. The number of aliphatic carboxylic acids is 1. The summed E-state index contributed by atoms with van der Waals surface area (Å²) in [6.07, 6.45) is 3.05. The Balaban J connectivity index is 1.44. The van der Waals surface area contributed by atoms with Crippen LogP contribution in [0.4, 0.5) is 5.13 Å². The molecule has 39 heavy (non-hydrogen) atoms. The van der Waals surface area contributed by atoms with Gasteiger partial charge in [-0.3, -0.25) is 9.59 Å². The summed E-state index contributed by atoms with van der Waals surface area (Å²) >= 11 is 1.43. The lowest BCUT2D eigenvalue weighted by molar-refractivity contribution is -0.131. The van der Waals surface area contributed by atoms with Crippen LogP contribution < -0.4 is 10.1 Å². The first-order chi connectivity index (χ1) is 18.9. The van der Waals surface area contributed by atoms with Crippen molar-refractivity contribution in [1.82, 2.24) is 4.98 Å². The highest BCUT2D eigenvalue weighted by Crippen LogP contribution is 2.33. The number of carboxylic acid groups (broad SMARTS) is 1. The Morgan fingerprint density at radius 3 is 2.38 bits per heavy atom. The molecule has 0 aliphatic carbocycles. The molecule has 0 bridgehead atoms. The van der Waals surface area contributed by atoms with E-state index in [0.29, 0.717) is 35.0 Å². The third kappa shape index (κ3) is 7.72. The van der Waals surface area contributed by atoms with Gasteiger partial charge in [0.1, 0.15) is 5.75 Å². The van der Waals surface area contributed by atoms with E-state index in [1.807, 2.05) is 55.5 Å². The second kappa shape index (κ2) is 13.3. The maximum Gasteiger partial charge on any atom is 0.328 e. The number of carbonyl (C=O) groups is 3. The van der Waals surface area contributed by atoms with Crippen LogP contribution in [0.3, 0.4) is 0 Å². The summed E-state index contributed by atoms with van der Waals surface area (Å²) in [5, 5.41) is 12.3. The number of hydrogen-bond donors (Lipinski definition) is 2. The number of amides is 1. The first-order valence-corrected chi connectivity index (χ1v) is 13.3. The molecule has 4 rings (SSSR count). The molecule has 1 aromatic heterocycles. The molecule has 2 N–H and O–H groups in total. The molecular formula is C31H28N2O5S. The number of nitrogens with zero attached hydrogens (tertiary/aromatic N) is 1. The predicted molar refractivity (Wildman–Crippen MR) is 153 cm³/mol. The molecule has 1 heterocycles. The number of hydrogen-bond acceptors (Lipinski definition) is 6.